The van der Waals surface area contributed by atoms with Crippen LogP contribution in [0.25, 0.3) is 10.9 Å². The van der Waals surface area contributed by atoms with Crippen LogP contribution in [0.2, 0.25) is 0 Å². The molecule has 0 spiro atoms. The molecule has 0 aliphatic carbocycles. The van der Waals surface area contributed by atoms with Crippen LogP contribution in [-0.2, 0) is 0 Å². The zero-order chi connectivity index (χ0) is 12.5. The molecule has 0 radical (unpaired) electrons. The van der Waals surface area contributed by atoms with Gasteiger partial charge in [0.2, 0.25) is 0 Å². The van der Waals surface area contributed by atoms with Crippen LogP contribution < -0.4 is 56.1 Å². The number of halogens is 3. The molecule has 0 bridgehead atoms. The molecule has 0 N–H and O–H groups in total. The van der Waals surface area contributed by atoms with Crippen LogP contribution in [0.15, 0.2) is 30.3 Å². The summed E-state index contributed by atoms with van der Waals surface area (Å²) >= 11 is 0. The fraction of sp³-hybridized carbons (Fsp3) is 0.182. The number of hydrogen-bond donors (Lipinski definition) is 0. The summed E-state index contributed by atoms with van der Waals surface area (Å²) in [6.07, 6.45) is 0. The molecule has 2 nitrogen and oxygen atoms in total. The number of fused-ring (bicyclic) bond motifs is 1. The van der Waals surface area contributed by atoms with Crippen LogP contribution in [0.3, 0.4) is 0 Å². The molecule has 0 atom stereocenters. The topological polar surface area (TPSA) is 22.1 Å². The molecular formula is C11H10BF3KNO. The Morgan fingerprint density at radius 2 is 1.89 bits per heavy atom. The van der Waals surface area contributed by atoms with Crippen molar-refractivity contribution in [2.75, 3.05) is 6.51 Å². The molecular weight excluding hydrogens is 269 g/mol. The normalized spacial score (nSPS) is 11.1. The van der Waals surface area contributed by atoms with Crippen molar-refractivity contribution in [3.05, 3.63) is 36.0 Å². The first-order valence-corrected chi connectivity index (χ1v) is 5.16. The standard InChI is InChI=1S/C11H10BF3NO.K/c1-8-5-6-9-3-2-4-10(11(9)16-8)17-7-12(13,14)15;/h2-6H,7H2,1H3;/q-1;+1. The van der Waals surface area contributed by atoms with E-state index in [0.29, 0.717) is 5.52 Å². The van der Waals surface area contributed by atoms with Crippen LogP contribution in [0.1, 0.15) is 5.69 Å². The van der Waals surface area contributed by atoms with Gasteiger partial charge >= 0.3 is 58.4 Å². The van der Waals surface area contributed by atoms with E-state index < -0.39 is 13.5 Å². The summed E-state index contributed by atoms with van der Waals surface area (Å²) in [5.41, 5.74) is 1.21. The largest absolute Gasteiger partial charge is 1.00 e. The summed E-state index contributed by atoms with van der Waals surface area (Å²) in [6, 6.07) is 8.55. The third-order valence-corrected chi connectivity index (χ3v) is 2.25. The zero-order valence-electron chi connectivity index (χ0n) is 10.2. The molecule has 0 fully saturated rings. The van der Waals surface area contributed by atoms with Crippen LogP contribution in [-0.4, -0.2) is 18.5 Å². The maximum atomic E-state index is 12.1. The summed E-state index contributed by atoms with van der Waals surface area (Å²) in [5.74, 6) is 0.172. The number of hydrogen-bond acceptors (Lipinski definition) is 2. The van der Waals surface area contributed by atoms with Crippen molar-refractivity contribution >= 4 is 17.9 Å². The van der Waals surface area contributed by atoms with Crippen molar-refractivity contribution in [2.45, 2.75) is 6.92 Å². The monoisotopic (exact) mass is 279 g/mol. The van der Waals surface area contributed by atoms with Gasteiger partial charge in [0, 0.05) is 11.1 Å². The zero-order valence-corrected chi connectivity index (χ0v) is 13.3. The van der Waals surface area contributed by atoms with E-state index in [2.05, 4.69) is 4.98 Å². The van der Waals surface area contributed by atoms with E-state index in [9.17, 15) is 12.9 Å². The number of nitrogens with zero attached hydrogens (tertiary/aromatic N) is 1. The Balaban J connectivity index is 0.00000162. The number of aryl methyl sites for hydroxylation is 1. The van der Waals surface area contributed by atoms with E-state index in [1.54, 1.807) is 25.1 Å². The van der Waals surface area contributed by atoms with Crippen LogP contribution in [0.5, 0.6) is 5.75 Å². The van der Waals surface area contributed by atoms with Gasteiger partial charge in [-0.2, -0.15) is 0 Å². The summed E-state index contributed by atoms with van der Waals surface area (Å²) < 4.78 is 41.2. The third-order valence-electron chi connectivity index (χ3n) is 2.25. The average Bonchev–Trinajstić information content (AvgIpc) is 2.25. The number of ether oxygens (including phenoxy) is 1. The van der Waals surface area contributed by atoms with Gasteiger partial charge < -0.3 is 17.7 Å². The van der Waals surface area contributed by atoms with Gasteiger partial charge in [-0.05, 0) is 19.1 Å². The minimum Gasteiger partial charge on any atom is -0.520 e. The molecule has 0 amide bonds. The SMILES string of the molecule is Cc1ccc2cccc(OC[B-](F)(F)F)c2n1.[K+]. The summed E-state index contributed by atoms with van der Waals surface area (Å²) in [6.45, 7) is -4.41. The predicted molar refractivity (Wildman–Crippen MR) is 61.1 cm³/mol. The second-order valence-corrected chi connectivity index (χ2v) is 3.80. The quantitative estimate of drug-likeness (QED) is 0.755. The summed E-state index contributed by atoms with van der Waals surface area (Å²) in [4.78, 5) is 4.19. The molecule has 0 aliphatic heterocycles. The van der Waals surface area contributed by atoms with E-state index in [0.717, 1.165) is 11.1 Å². The summed E-state index contributed by atoms with van der Waals surface area (Å²) in [5, 5.41) is 0.766. The molecule has 1 aromatic heterocycles. The number of para-hydroxylation sites is 1. The summed E-state index contributed by atoms with van der Waals surface area (Å²) in [7, 11) is 0. The van der Waals surface area contributed by atoms with Crippen molar-refractivity contribution in [3.8, 4) is 5.75 Å². The fourth-order valence-corrected chi connectivity index (χ4v) is 1.52. The van der Waals surface area contributed by atoms with E-state index in [1.807, 2.05) is 6.07 Å². The van der Waals surface area contributed by atoms with Crippen LogP contribution in [0, 0.1) is 6.92 Å². The van der Waals surface area contributed by atoms with Gasteiger partial charge in [0.05, 0.1) is 6.51 Å². The van der Waals surface area contributed by atoms with Gasteiger partial charge in [0.15, 0.2) is 0 Å². The predicted octanol–water partition coefficient (Wildman–Crippen LogP) is 0.313. The molecule has 0 unspecified atom stereocenters. The smallest absolute Gasteiger partial charge is 0.520 e. The molecule has 90 valence electrons. The second kappa shape index (κ2) is 6.38. The first-order valence-electron chi connectivity index (χ1n) is 5.16. The molecule has 2 rings (SSSR count). The number of pyridine rings is 1. The van der Waals surface area contributed by atoms with Gasteiger partial charge in [-0.25, -0.2) is 4.98 Å². The minimum absolute atomic E-state index is 0. The van der Waals surface area contributed by atoms with Crippen molar-refractivity contribution in [1.29, 1.82) is 0 Å². The Morgan fingerprint density at radius 3 is 2.56 bits per heavy atom. The Kier molecular flexibility index (Phi) is 5.67. The average molecular weight is 279 g/mol. The fourth-order valence-electron chi connectivity index (χ4n) is 1.52. The first-order chi connectivity index (χ1) is 7.96. The molecule has 2 aromatic rings. The van der Waals surface area contributed by atoms with E-state index >= 15 is 0 Å². The molecule has 18 heavy (non-hydrogen) atoms. The molecule has 1 aromatic carbocycles. The van der Waals surface area contributed by atoms with Crippen molar-refractivity contribution in [2.24, 2.45) is 0 Å². The minimum atomic E-state index is -4.95. The molecule has 0 saturated heterocycles. The van der Waals surface area contributed by atoms with Crippen molar-refractivity contribution in [3.63, 3.8) is 0 Å². The molecule has 7 heteroatoms. The molecule has 0 aliphatic rings. The van der Waals surface area contributed by atoms with Gasteiger partial charge in [0.1, 0.15) is 11.3 Å². The second-order valence-electron chi connectivity index (χ2n) is 3.80. The van der Waals surface area contributed by atoms with Gasteiger partial charge in [-0.15, -0.1) is 0 Å². The van der Waals surface area contributed by atoms with Crippen molar-refractivity contribution < 1.29 is 69.1 Å². The van der Waals surface area contributed by atoms with E-state index in [4.69, 9.17) is 4.74 Å². The Bertz CT molecular complexity index is 547. The van der Waals surface area contributed by atoms with Gasteiger partial charge in [-0.3, -0.25) is 0 Å². The van der Waals surface area contributed by atoms with E-state index in [1.165, 1.54) is 6.07 Å². The first kappa shape index (κ1) is 16.0. The number of rotatable bonds is 3. The van der Waals surface area contributed by atoms with Gasteiger partial charge in [-0.1, -0.05) is 18.2 Å². The van der Waals surface area contributed by atoms with E-state index in [-0.39, 0.29) is 57.1 Å². The van der Waals surface area contributed by atoms with Crippen LogP contribution in [0.4, 0.5) is 12.9 Å². The Hall–Kier alpha value is -0.0787. The maximum absolute atomic E-state index is 12.1. The van der Waals surface area contributed by atoms with Crippen molar-refractivity contribution in [1.82, 2.24) is 4.98 Å². The third kappa shape index (κ3) is 4.24. The van der Waals surface area contributed by atoms with Crippen LogP contribution >= 0.6 is 0 Å². The maximum Gasteiger partial charge on any atom is 1.00 e. The molecule has 1 heterocycles. The Morgan fingerprint density at radius 1 is 1.17 bits per heavy atom. The number of benzene rings is 1. The number of aromatic nitrogens is 1. The Labute approximate surface area is 145 Å². The molecule has 0 saturated carbocycles. The van der Waals surface area contributed by atoms with Gasteiger partial charge in [0.25, 0.3) is 0 Å².